The lowest BCUT2D eigenvalue weighted by Gasteiger charge is -2.11. The maximum atomic E-state index is 4.97. The molecule has 0 atom stereocenters. The van der Waals surface area contributed by atoms with Crippen LogP contribution < -0.4 is 0 Å². The molecule has 11 aromatic rings. The van der Waals surface area contributed by atoms with Crippen LogP contribution in [0.15, 0.2) is 200 Å². The predicted molar refractivity (Wildman–Crippen MR) is 230 cm³/mol. The van der Waals surface area contributed by atoms with Gasteiger partial charge in [0.05, 0.1) is 16.6 Å². The lowest BCUT2D eigenvalue weighted by Crippen LogP contribution is -2.00. The molecule has 0 spiro atoms. The molecule has 5 heteroatoms. The maximum Gasteiger partial charge on any atom is 0.164 e. The highest BCUT2D eigenvalue weighted by atomic mass is 15.0. The van der Waals surface area contributed by atoms with Crippen molar-refractivity contribution >= 4 is 43.5 Å². The molecule has 8 aromatic carbocycles. The Morgan fingerprint density at radius 3 is 1.59 bits per heavy atom. The second kappa shape index (κ2) is 13.0. The van der Waals surface area contributed by atoms with Gasteiger partial charge in [0.15, 0.2) is 17.5 Å². The van der Waals surface area contributed by atoms with Gasteiger partial charge in [-0.1, -0.05) is 127 Å². The zero-order chi connectivity index (χ0) is 37.0. The largest absolute Gasteiger partial charge is 0.317 e. The Morgan fingerprint density at radius 1 is 0.304 bits per heavy atom. The van der Waals surface area contributed by atoms with Crippen LogP contribution in [0, 0.1) is 0 Å². The van der Waals surface area contributed by atoms with Gasteiger partial charge in [-0.05, 0) is 88.6 Å². The van der Waals surface area contributed by atoms with Gasteiger partial charge in [-0.3, -0.25) is 0 Å². The van der Waals surface area contributed by atoms with E-state index < -0.39 is 0 Å². The summed E-state index contributed by atoms with van der Waals surface area (Å²) in [7, 11) is 0. The molecule has 11 rings (SSSR count). The molecule has 0 saturated carbocycles. The number of nitrogens with zero attached hydrogens (tertiary/aromatic N) is 5. The molecule has 262 valence electrons. The summed E-state index contributed by atoms with van der Waals surface area (Å²) in [6, 6.07) is 68.4. The standard InChI is InChI=1S/C51H33N5/c1-4-13-35(14-5-1)49-52-50(36-15-6-2-7-16-36)54-51(53-49)39-18-12-17-37(29-39)34-23-25-43(26-24-34)56-46-22-11-10-21-44(46)45-31-40-30-38-27-28-55(42-19-8-3-9-20-42)47(38)32-41(40)33-48(45)56/h1-33H. The van der Waals surface area contributed by atoms with E-state index in [-0.39, 0.29) is 0 Å². The second-order valence-corrected chi connectivity index (χ2v) is 14.2. The summed E-state index contributed by atoms with van der Waals surface area (Å²) in [6.45, 7) is 0. The summed E-state index contributed by atoms with van der Waals surface area (Å²) in [5.74, 6) is 1.94. The van der Waals surface area contributed by atoms with Crippen LogP contribution in [0.25, 0.3) is 100 Å². The van der Waals surface area contributed by atoms with Gasteiger partial charge < -0.3 is 9.13 Å². The number of fused-ring (bicyclic) bond motifs is 5. The number of aromatic nitrogens is 5. The minimum atomic E-state index is 0.641. The van der Waals surface area contributed by atoms with Crippen LogP contribution in [-0.2, 0) is 0 Å². The molecular formula is C51H33N5. The van der Waals surface area contributed by atoms with E-state index >= 15 is 0 Å². The Kier molecular flexibility index (Phi) is 7.42. The van der Waals surface area contributed by atoms with Gasteiger partial charge in [0.25, 0.3) is 0 Å². The van der Waals surface area contributed by atoms with Crippen molar-refractivity contribution in [1.82, 2.24) is 24.1 Å². The first-order valence-electron chi connectivity index (χ1n) is 18.9. The van der Waals surface area contributed by atoms with Crippen LogP contribution in [0.5, 0.6) is 0 Å². The third-order valence-electron chi connectivity index (χ3n) is 10.8. The average molecular weight is 716 g/mol. The van der Waals surface area contributed by atoms with Gasteiger partial charge in [0, 0.05) is 50.4 Å². The first-order chi connectivity index (χ1) is 27.7. The molecule has 0 N–H and O–H groups in total. The van der Waals surface area contributed by atoms with E-state index in [9.17, 15) is 0 Å². The van der Waals surface area contributed by atoms with Gasteiger partial charge in [-0.15, -0.1) is 0 Å². The van der Waals surface area contributed by atoms with E-state index in [0.29, 0.717) is 17.5 Å². The van der Waals surface area contributed by atoms with Gasteiger partial charge in [0.1, 0.15) is 0 Å². The highest BCUT2D eigenvalue weighted by Crippen LogP contribution is 2.37. The minimum absolute atomic E-state index is 0.641. The Hall–Kier alpha value is -7.63. The van der Waals surface area contributed by atoms with Crippen molar-refractivity contribution in [2.24, 2.45) is 0 Å². The van der Waals surface area contributed by atoms with E-state index in [1.165, 1.54) is 43.5 Å². The molecular weight excluding hydrogens is 683 g/mol. The number of hydrogen-bond acceptors (Lipinski definition) is 3. The topological polar surface area (TPSA) is 48.5 Å². The lowest BCUT2D eigenvalue weighted by molar-refractivity contribution is 1.07. The van der Waals surface area contributed by atoms with Gasteiger partial charge >= 0.3 is 0 Å². The molecule has 3 aromatic heterocycles. The third-order valence-corrected chi connectivity index (χ3v) is 10.8. The molecule has 0 radical (unpaired) electrons. The van der Waals surface area contributed by atoms with Crippen LogP contribution in [0.4, 0.5) is 0 Å². The predicted octanol–water partition coefficient (Wildman–Crippen LogP) is 12.7. The average Bonchev–Trinajstić information content (AvgIpc) is 3.83. The second-order valence-electron chi connectivity index (χ2n) is 14.2. The molecule has 0 aliphatic heterocycles. The number of hydrogen-bond donors (Lipinski definition) is 0. The first-order valence-corrected chi connectivity index (χ1v) is 18.9. The normalized spacial score (nSPS) is 11.6. The van der Waals surface area contributed by atoms with Gasteiger partial charge in [-0.25, -0.2) is 15.0 Å². The number of benzene rings is 8. The fraction of sp³-hybridized carbons (Fsp3) is 0. The van der Waals surface area contributed by atoms with Crippen molar-refractivity contribution in [3.63, 3.8) is 0 Å². The summed E-state index contributed by atoms with van der Waals surface area (Å²) >= 11 is 0. The lowest BCUT2D eigenvalue weighted by atomic mass is 10.0. The maximum absolute atomic E-state index is 4.97. The van der Waals surface area contributed by atoms with Crippen molar-refractivity contribution in [1.29, 1.82) is 0 Å². The van der Waals surface area contributed by atoms with Crippen molar-refractivity contribution < 1.29 is 0 Å². The minimum Gasteiger partial charge on any atom is -0.317 e. The number of rotatable bonds is 6. The zero-order valence-corrected chi connectivity index (χ0v) is 30.3. The quantitative estimate of drug-likeness (QED) is 0.172. The molecule has 0 bridgehead atoms. The zero-order valence-electron chi connectivity index (χ0n) is 30.3. The third kappa shape index (κ3) is 5.45. The van der Waals surface area contributed by atoms with Crippen molar-refractivity contribution in [2.45, 2.75) is 0 Å². The van der Waals surface area contributed by atoms with Gasteiger partial charge in [0.2, 0.25) is 0 Å². The molecule has 3 heterocycles. The smallest absolute Gasteiger partial charge is 0.164 e. The molecule has 0 saturated heterocycles. The Labute approximate surface area is 323 Å². The van der Waals surface area contributed by atoms with Gasteiger partial charge in [-0.2, -0.15) is 0 Å². The highest BCUT2D eigenvalue weighted by molar-refractivity contribution is 6.15. The molecule has 0 fully saturated rings. The Bertz CT molecular complexity index is 3160. The fourth-order valence-corrected chi connectivity index (χ4v) is 8.02. The van der Waals surface area contributed by atoms with Crippen LogP contribution in [0.1, 0.15) is 0 Å². The SMILES string of the molecule is c1ccc(-c2nc(-c3ccccc3)nc(-c3cccc(-c4ccc(-n5c6ccccc6c6cc7cc8ccn(-c9ccccc9)c8cc7cc65)cc4)c3)n2)cc1. The Morgan fingerprint density at radius 2 is 0.875 bits per heavy atom. The summed E-state index contributed by atoms with van der Waals surface area (Å²) in [5.41, 5.74) is 10.9. The summed E-state index contributed by atoms with van der Waals surface area (Å²) < 4.78 is 4.67. The highest BCUT2D eigenvalue weighted by Gasteiger charge is 2.16. The summed E-state index contributed by atoms with van der Waals surface area (Å²) in [6.07, 6.45) is 2.17. The molecule has 0 amide bonds. The monoisotopic (exact) mass is 715 g/mol. The van der Waals surface area contributed by atoms with Crippen LogP contribution in [-0.4, -0.2) is 24.1 Å². The first kappa shape index (κ1) is 31.9. The Balaban J connectivity index is 0.999. The summed E-state index contributed by atoms with van der Waals surface area (Å²) in [5, 5.41) is 6.16. The number of para-hydroxylation sites is 2. The molecule has 0 aliphatic rings. The van der Waals surface area contributed by atoms with Crippen molar-refractivity contribution in [3.8, 4) is 56.7 Å². The van der Waals surface area contributed by atoms with Crippen molar-refractivity contribution in [2.75, 3.05) is 0 Å². The van der Waals surface area contributed by atoms with E-state index in [1.807, 2.05) is 60.7 Å². The van der Waals surface area contributed by atoms with Crippen LogP contribution in [0.3, 0.4) is 0 Å². The molecule has 0 unspecified atom stereocenters. The summed E-state index contributed by atoms with van der Waals surface area (Å²) in [4.78, 5) is 14.8. The molecule has 56 heavy (non-hydrogen) atoms. The molecule has 0 aliphatic carbocycles. The molecule has 5 nitrogen and oxygen atoms in total. The van der Waals surface area contributed by atoms with E-state index in [2.05, 4.69) is 149 Å². The van der Waals surface area contributed by atoms with E-state index in [0.717, 1.165) is 39.2 Å². The van der Waals surface area contributed by atoms with E-state index in [4.69, 9.17) is 15.0 Å². The van der Waals surface area contributed by atoms with Crippen molar-refractivity contribution in [3.05, 3.63) is 200 Å². The van der Waals surface area contributed by atoms with E-state index in [1.54, 1.807) is 0 Å². The fourth-order valence-electron chi connectivity index (χ4n) is 8.02. The van der Waals surface area contributed by atoms with Crippen LogP contribution >= 0.6 is 0 Å². The van der Waals surface area contributed by atoms with Crippen LogP contribution in [0.2, 0.25) is 0 Å².